The molecular formula is C31H48NO3+. The largest absolute Gasteiger partial charge is 0.490 e. The molecule has 1 unspecified atom stereocenters. The van der Waals surface area contributed by atoms with Crippen LogP contribution in [-0.4, -0.2) is 43.8 Å². The topological polar surface area (TPSA) is 35.5 Å². The molecule has 1 atom stereocenters. The molecule has 0 spiro atoms. The summed E-state index contributed by atoms with van der Waals surface area (Å²) in [6.45, 7) is 6.36. The third-order valence-electron chi connectivity index (χ3n) is 6.51. The Bertz CT molecular complexity index is 834. The van der Waals surface area contributed by atoms with Gasteiger partial charge in [-0.25, -0.2) is 0 Å². The molecule has 0 aliphatic carbocycles. The first kappa shape index (κ1) is 28.9. The molecule has 0 bridgehead atoms. The fourth-order valence-corrected chi connectivity index (χ4v) is 4.34. The van der Waals surface area contributed by atoms with Gasteiger partial charge in [0.25, 0.3) is 0 Å². The molecule has 0 heterocycles. The van der Waals surface area contributed by atoms with Gasteiger partial charge in [-0.3, -0.25) is 4.79 Å². The van der Waals surface area contributed by atoms with Crippen LogP contribution in [0.1, 0.15) is 82.8 Å². The second-order valence-corrected chi connectivity index (χ2v) is 10.5. The van der Waals surface area contributed by atoms with Gasteiger partial charge >= 0.3 is 5.97 Å². The molecule has 0 saturated heterocycles. The predicted molar refractivity (Wildman–Crippen MR) is 146 cm³/mol. The summed E-state index contributed by atoms with van der Waals surface area (Å²) < 4.78 is 12.5. The lowest BCUT2D eigenvalue weighted by Crippen LogP contribution is -2.40. The molecule has 0 aromatic heterocycles. The Morgan fingerprint density at radius 3 is 2.29 bits per heavy atom. The highest BCUT2D eigenvalue weighted by atomic mass is 16.5. The van der Waals surface area contributed by atoms with E-state index in [9.17, 15) is 4.79 Å². The van der Waals surface area contributed by atoms with E-state index in [1.165, 1.54) is 56.1 Å². The maximum Gasteiger partial charge on any atom is 0.311 e. The van der Waals surface area contributed by atoms with E-state index in [1.54, 1.807) is 0 Å². The Hall–Kier alpha value is -2.33. The van der Waals surface area contributed by atoms with E-state index in [2.05, 4.69) is 70.4 Å². The summed E-state index contributed by atoms with van der Waals surface area (Å²) >= 11 is 0. The second kappa shape index (κ2) is 16.4. The lowest BCUT2D eigenvalue weighted by atomic mass is 10.0. The van der Waals surface area contributed by atoms with Gasteiger partial charge in [0.2, 0.25) is 0 Å². The maximum atomic E-state index is 12.3. The average Bonchev–Trinajstić information content (AvgIpc) is 2.83. The third kappa shape index (κ3) is 12.8. The Balaban J connectivity index is 1.65. The molecule has 0 amide bonds. The highest BCUT2D eigenvalue weighted by Gasteiger charge is 2.18. The van der Waals surface area contributed by atoms with Gasteiger partial charge in [0.1, 0.15) is 12.3 Å². The van der Waals surface area contributed by atoms with Crippen molar-refractivity contribution in [2.75, 3.05) is 27.2 Å². The minimum Gasteiger partial charge on any atom is -0.490 e. The zero-order chi connectivity index (χ0) is 25.4. The van der Waals surface area contributed by atoms with E-state index in [4.69, 9.17) is 9.47 Å². The number of rotatable bonds is 18. The van der Waals surface area contributed by atoms with Gasteiger partial charge < -0.3 is 14.0 Å². The van der Waals surface area contributed by atoms with Crippen molar-refractivity contribution in [3.8, 4) is 5.75 Å². The van der Waals surface area contributed by atoms with Crippen molar-refractivity contribution in [1.29, 1.82) is 0 Å². The third-order valence-corrected chi connectivity index (χ3v) is 6.51. The second-order valence-electron chi connectivity index (χ2n) is 10.5. The summed E-state index contributed by atoms with van der Waals surface area (Å²) in [6.07, 6.45) is 11.4. The predicted octanol–water partition coefficient (Wildman–Crippen LogP) is 7.35. The highest BCUT2D eigenvalue weighted by molar-refractivity contribution is 5.69. The summed E-state index contributed by atoms with van der Waals surface area (Å²) in [6, 6.07) is 18.8. The number of nitrogens with zero attached hydrogens (tertiary/aromatic N) is 1. The summed E-state index contributed by atoms with van der Waals surface area (Å²) in [5.41, 5.74) is 2.56. The van der Waals surface area contributed by atoms with Crippen molar-refractivity contribution in [2.45, 2.75) is 90.7 Å². The zero-order valence-corrected chi connectivity index (χ0v) is 22.6. The van der Waals surface area contributed by atoms with Crippen LogP contribution >= 0.6 is 0 Å². The van der Waals surface area contributed by atoms with Gasteiger partial charge in [-0.1, -0.05) is 94.0 Å². The Kier molecular flexibility index (Phi) is 13.5. The van der Waals surface area contributed by atoms with Crippen LogP contribution in [0.5, 0.6) is 5.75 Å². The number of carbonyl (C=O) groups is 1. The van der Waals surface area contributed by atoms with Crippen molar-refractivity contribution >= 4 is 5.97 Å². The van der Waals surface area contributed by atoms with Gasteiger partial charge in [0.05, 0.1) is 39.8 Å². The average molecular weight is 483 g/mol. The first-order valence-corrected chi connectivity index (χ1v) is 13.7. The molecule has 2 aromatic carbocycles. The molecule has 0 fully saturated rings. The lowest BCUT2D eigenvalue weighted by Gasteiger charge is -2.29. The number of hydrogen-bond acceptors (Lipinski definition) is 3. The summed E-state index contributed by atoms with van der Waals surface area (Å²) in [5.74, 6) is 0.841. The lowest BCUT2D eigenvalue weighted by molar-refractivity contribution is -0.903. The van der Waals surface area contributed by atoms with Gasteiger partial charge in [-0.15, -0.1) is 0 Å². The van der Waals surface area contributed by atoms with Gasteiger partial charge in [-0.05, 0) is 31.4 Å². The molecule has 4 heteroatoms. The minimum absolute atomic E-state index is 0.00305. The van der Waals surface area contributed by atoms with Crippen LogP contribution in [0.4, 0.5) is 0 Å². The van der Waals surface area contributed by atoms with Crippen molar-refractivity contribution in [3.05, 3.63) is 65.7 Å². The number of carbonyl (C=O) groups excluding carboxylic acids is 1. The Morgan fingerprint density at radius 2 is 1.54 bits per heavy atom. The van der Waals surface area contributed by atoms with Crippen molar-refractivity contribution < 1.29 is 18.8 Å². The number of quaternary nitrogens is 1. The highest BCUT2D eigenvalue weighted by Crippen LogP contribution is 2.23. The SMILES string of the molecule is CCCCCCCCCc1ccccc1OC(C)CCOC(=O)CC[N+](C)(C)Cc1ccccc1. The van der Waals surface area contributed by atoms with E-state index < -0.39 is 0 Å². The van der Waals surface area contributed by atoms with Crippen LogP contribution in [0.2, 0.25) is 0 Å². The maximum absolute atomic E-state index is 12.3. The van der Waals surface area contributed by atoms with Crippen molar-refractivity contribution in [1.82, 2.24) is 0 Å². The number of unbranched alkanes of at least 4 members (excludes halogenated alkanes) is 6. The van der Waals surface area contributed by atoms with Crippen LogP contribution < -0.4 is 4.74 Å². The summed E-state index contributed by atoms with van der Waals surface area (Å²) in [5, 5.41) is 0. The molecule has 0 aliphatic heterocycles. The summed E-state index contributed by atoms with van der Waals surface area (Å²) in [4.78, 5) is 12.3. The number of aryl methyl sites for hydroxylation is 1. The number of para-hydroxylation sites is 1. The zero-order valence-electron chi connectivity index (χ0n) is 22.6. The van der Waals surface area contributed by atoms with Gasteiger partial charge in [0, 0.05) is 12.0 Å². The number of ether oxygens (including phenoxy) is 2. The molecule has 2 aromatic rings. The number of hydrogen-bond donors (Lipinski definition) is 0. The molecule has 0 radical (unpaired) electrons. The molecule has 194 valence electrons. The van der Waals surface area contributed by atoms with Crippen LogP contribution in [0.15, 0.2) is 54.6 Å². The standard InChI is InChI=1S/C31H48NO3/c1-5-6-7-8-9-10-14-19-29-20-15-16-21-30(29)35-27(2)23-25-34-31(33)22-24-32(3,4)26-28-17-12-11-13-18-28/h11-13,15-18,20-21,27H,5-10,14,19,22-26H2,1-4H3/q+1. The number of esters is 1. The van der Waals surface area contributed by atoms with Crippen LogP contribution in [-0.2, 0) is 22.5 Å². The van der Waals surface area contributed by atoms with E-state index in [0.29, 0.717) is 19.4 Å². The Morgan fingerprint density at radius 1 is 0.886 bits per heavy atom. The molecule has 2 rings (SSSR count). The number of benzene rings is 2. The van der Waals surface area contributed by atoms with E-state index >= 15 is 0 Å². The molecule has 4 nitrogen and oxygen atoms in total. The fourth-order valence-electron chi connectivity index (χ4n) is 4.34. The van der Waals surface area contributed by atoms with Gasteiger partial charge in [-0.2, -0.15) is 0 Å². The van der Waals surface area contributed by atoms with E-state index in [-0.39, 0.29) is 12.1 Å². The quantitative estimate of drug-likeness (QED) is 0.127. The monoisotopic (exact) mass is 482 g/mol. The molecule has 0 N–H and O–H groups in total. The minimum atomic E-state index is -0.129. The van der Waals surface area contributed by atoms with E-state index in [0.717, 1.165) is 29.7 Å². The normalized spacial score (nSPS) is 12.3. The van der Waals surface area contributed by atoms with E-state index in [1.807, 2.05) is 12.1 Å². The van der Waals surface area contributed by atoms with Crippen LogP contribution in [0, 0.1) is 0 Å². The van der Waals surface area contributed by atoms with Crippen LogP contribution in [0.3, 0.4) is 0 Å². The first-order valence-electron chi connectivity index (χ1n) is 13.7. The smallest absolute Gasteiger partial charge is 0.311 e. The molecule has 0 aliphatic rings. The first-order chi connectivity index (χ1) is 16.9. The van der Waals surface area contributed by atoms with Crippen molar-refractivity contribution in [2.24, 2.45) is 0 Å². The molecular weight excluding hydrogens is 434 g/mol. The van der Waals surface area contributed by atoms with Crippen molar-refractivity contribution in [3.63, 3.8) is 0 Å². The molecule has 0 saturated carbocycles. The van der Waals surface area contributed by atoms with Crippen LogP contribution in [0.25, 0.3) is 0 Å². The molecule has 35 heavy (non-hydrogen) atoms. The fraction of sp³-hybridized carbons (Fsp3) is 0.581. The van der Waals surface area contributed by atoms with Gasteiger partial charge in [0.15, 0.2) is 0 Å². The Labute approximate surface area is 214 Å². The summed E-state index contributed by atoms with van der Waals surface area (Å²) in [7, 11) is 4.31.